The van der Waals surface area contributed by atoms with Crippen LogP contribution in [0.4, 0.5) is 11.4 Å². The summed E-state index contributed by atoms with van der Waals surface area (Å²) in [6.07, 6.45) is 20.4. The van der Waals surface area contributed by atoms with Gasteiger partial charge in [-0.3, -0.25) is 0 Å². The highest BCUT2D eigenvalue weighted by Gasteiger charge is 2.60. The van der Waals surface area contributed by atoms with Crippen molar-refractivity contribution in [2.75, 3.05) is 11.5 Å². The van der Waals surface area contributed by atoms with Gasteiger partial charge in [0.1, 0.15) is 0 Å². The maximum atomic E-state index is 6.22. The van der Waals surface area contributed by atoms with Crippen molar-refractivity contribution in [3.8, 4) is 0 Å². The first-order valence-corrected chi connectivity index (χ1v) is 15.4. The molecule has 2 heteroatoms. The second kappa shape index (κ2) is 9.94. The number of benzene rings is 1. The molecule has 0 aliphatic heterocycles. The van der Waals surface area contributed by atoms with E-state index in [1.165, 1.54) is 76.2 Å². The van der Waals surface area contributed by atoms with E-state index in [0.717, 1.165) is 53.3 Å². The highest BCUT2D eigenvalue weighted by Crippen LogP contribution is 2.68. The predicted molar refractivity (Wildman–Crippen MR) is 151 cm³/mol. The summed E-state index contributed by atoms with van der Waals surface area (Å²) in [5.41, 5.74) is 16.3. The van der Waals surface area contributed by atoms with Crippen molar-refractivity contribution in [3.63, 3.8) is 0 Å². The molecule has 2 nitrogen and oxygen atoms in total. The molecular formula is C33H54N2. The fourth-order valence-corrected chi connectivity index (χ4v) is 10.5. The second-order valence-electron chi connectivity index (χ2n) is 14.3. The number of nitrogen functional groups attached to an aromatic ring is 2. The van der Waals surface area contributed by atoms with E-state index >= 15 is 0 Å². The van der Waals surface area contributed by atoms with E-state index in [0.29, 0.717) is 16.7 Å². The van der Waals surface area contributed by atoms with E-state index < -0.39 is 0 Å². The third-order valence-corrected chi connectivity index (χ3v) is 12.4. The van der Waals surface area contributed by atoms with Crippen molar-refractivity contribution in [2.45, 2.75) is 118 Å². The molecule has 1 aromatic rings. The first-order chi connectivity index (χ1) is 16.7. The standard InChI is InChI=1S/C33H54N2/c1-22(20-24-11-13-26(34)21-31(24)35)8-7-9-23(2)28-15-16-29-27-14-12-25-10-5-6-18-32(25,3)30(27)17-19-33(28,29)4/h11,13,21-23,25,27-30H,5-10,12,14-20,34-35H2,1-4H3/t22?,23-,25?,27+,28-,29+,30+,32+,33-/m1/s1. The topological polar surface area (TPSA) is 52.0 Å². The fraction of sp³-hybridized carbons (Fsp3) is 0.818. The van der Waals surface area contributed by atoms with Gasteiger partial charge in [0.15, 0.2) is 0 Å². The molecule has 4 aliphatic rings. The van der Waals surface area contributed by atoms with Crippen LogP contribution in [0.1, 0.15) is 117 Å². The number of fused-ring (bicyclic) bond motifs is 5. The first-order valence-electron chi connectivity index (χ1n) is 15.4. The molecule has 35 heavy (non-hydrogen) atoms. The first kappa shape index (κ1) is 25.5. The lowest BCUT2D eigenvalue weighted by molar-refractivity contribution is -0.114. The van der Waals surface area contributed by atoms with Gasteiger partial charge in [0.05, 0.1) is 0 Å². The maximum Gasteiger partial charge on any atom is 0.0367 e. The van der Waals surface area contributed by atoms with Crippen molar-refractivity contribution in [3.05, 3.63) is 23.8 Å². The van der Waals surface area contributed by atoms with Gasteiger partial charge in [-0.05, 0) is 128 Å². The van der Waals surface area contributed by atoms with Crippen LogP contribution in [-0.4, -0.2) is 0 Å². The molecule has 0 amide bonds. The average Bonchev–Trinajstić information content (AvgIpc) is 3.18. The normalized spacial score (nSPS) is 40.4. The summed E-state index contributed by atoms with van der Waals surface area (Å²) in [7, 11) is 0. The largest absolute Gasteiger partial charge is 0.399 e. The highest BCUT2D eigenvalue weighted by molar-refractivity contribution is 5.56. The molecule has 0 aromatic heterocycles. The van der Waals surface area contributed by atoms with Gasteiger partial charge in [0, 0.05) is 11.4 Å². The Morgan fingerprint density at radius 3 is 2.46 bits per heavy atom. The van der Waals surface area contributed by atoms with E-state index in [9.17, 15) is 0 Å². The van der Waals surface area contributed by atoms with E-state index in [2.05, 4.69) is 33.8 Å². The molecule has 196 valence electrons. The summed E-state index contributed by atoms with van der Waals surface area (Å²) in [4.78, 5) is 0. The van der Waals surface area contributed by atoms with Crippen LogP contribution in [0.5, 0.6) is 0 Å². The summed E-state index contributed by atoms with van der Waals surface area (Å²) in [5.74, 6) is 6.64. The maximum absolute atomic E-state index is 6.22. The zero-order valence-electron chi connectivity index (χ0n) is 23.3. The van der Waals surface area contributed by atoms with Gasteiger partial charge in [0.25, 0.3) is 0 Å². The van der Waals surface area contributed by atoms with Crippen molar-refractivity contribution in [1.82, 2.24) is 0 Å². The summed E-state index contributed by atoms with van der Waals surface area (Å²) < 4.78 is 0. The smallest absolute Gasteiger partial charge is 0.0367 e. The van der Waals surface area contributed by atoms with Crippen molar-refractivity contribution >= 4 is 11.4 Å². The SMILES string of the molecule is CC(CCC[C@@H](C)[C@H]1CC[C@H]2[C@@H]3CCC4CCCC[C@]4(C)[C@H]3CC[C@]12C)Cc1ccc(N)cc1N. The van der Waals surface area contributed by atoms with Crippen molar-refractivity contribution < 1.29 is 0 Å². The molecule has 4 aliphatic carbocycles. The van der Waals surface area contributed by atoms with Crippen LogP contribution in [0.25, 0.3) is 0 Å². The van der Waals surface area contributed by atoms with Crippen LogP contribution >= 0.6 is 0 Å². The van der Waals surface area contributed by atoms with Crippen LogP contribution in [0.2, 0.25) is 0 Å². The lowest BCUT2D eigenvalue weighted by Crippen LogP contribution is -2.53. The van der Waals surface area contributed by atoms with Crippen LogP contribution in [-0.2, 0) is 6.42 Å². The molecule has 4 saturated carbocycles. The molecule has 0 bridgehead atoms. The quantitative estimate of drug-likeness (QED) is 0.384. The second-order valence-corrected chi connectivity index (χ2v) is 14.3. The molecule has 4 N–H and O–H groups in total. The number of hydrogen-bond acceptors (Lipinski definition) is 2. The molecule has 4 fully saturated rings. The highest BCUT2D eigenvalue weighted by atomic mass is 14.6. The van der Waals surface area contributed by atoms with Gasteiger partial charge in [-0.2, -0.15) is 0 Å². The lowest BCUT2D eigenvalue weighted by Gasteiger charge is -2.61. The van der Waals surface area contributed by atoms with Gasteiger partial charge in [0.2, 0.25) is 0 Å². The number of hydrogen-bond donors (Lipinski definition) is 2. The van der Waals surface area contributed by atoms with Crippen LogP contribution < -0.4 is 11.5 Å². The molecular weight excluding hydrogens is 424 g/mol. The number of rotatable bonds is 7. The molecule has 0 heterocycles. The Morgan fingerprint density at radius 2 is 1.66 bits per heavy atom. The van der Waals surface area contributed by atoms with E-state index in [1.54, 1.807) is 12.8 Å². The Morgan fingerprint density at radius 1 is 0.857 bits per heavy atom. The Balaban J connectivity index is 1.16. The third-order valence-electron chi connectivity index (χ3n) is 12.4. The Labute approximate surface area is 216 Å². The van der Waals surface area contributed by atoms with Crippen molar-refractivity contribution in [1.29, 1.82) is 0 Å². The Bertz CT molecular complexity index is 878. The van der Waals surface area contributed by atoms with Crippen LogP contribution in [0, 0.1) is 52.3 Å². The average molecular weight is 479 g/mol. The Hall–Kier alpha value is -1.18. The van der Waals surface area contributed by atoms with E-state index in [4.69, 9.17) is 11.5 Å². The van der Waals surface area contributed by atoms with Gasteiger partial charge < -0.3 is 11.5 Å². The minimum Gasteiger partial charge on any atom is -0.399 e. The minimum absolute atomic E-state index is 0.614. The summed E-state index contributed by atoms with van der Waals surface area (Å²) >= 11 is 0. The van der Waals surface area contributed by atoms with E-state index in [-0.39, 0.29) is 0 Å². The molecule has 0 saturated heterocycles. The van der Waals surface area contributed by atoms with Crippen LogP contribution in [0.3, 0.4) is 0 Å². The lowest BCUT2D eigenvalue weighted by atomic mass is 9.44. The monoisotopic (exact) mass is 478 g/mol. The van der Waals surface area contributed by atoms with Crippen molar-refractivity contribution in [2.24, 2.45) is 52.3 Å². The zero-order valence-corrected chi connectivity index (χ0v) is 23.3. The van der Waals surface area contributed by atoms with Gasteiger partial charge in [-0.1, -0.05) is 65.9 Å². The third kappa shape index (κ3) is 4.66. The zero-order chi connectivity index (χ0) is 24.8. The molecule has 9 atom stereocenters. The molecule has 0 spiro atoms. The number of nitrogens with two attached hydrogens (primary N) is 2. The van der Waals surface area contributed by atoms with Gasteiger partial charge >= 0.3 is 0 Å². The van der Waals surface area contributed by atoms with Crippen LogP contribution in [0.15, 0.2) is 18.2 Å². The molecule has 1 aromatic carbocycles. The summed E-state index contributed by atoms with van der Waals surface area (Å²) in [6, 6.07) is 6.03. The van der Waals surface area contributed by atoms with E-state index in [1.807, 2.05) is 12.1 Å². The minimum atomic E-state index is 0.614. The summed E-state index contributed by atoms with van der Waals surface area (Å²) in [6.45, 7) is 10.5. The number of anilines is 2. The van der Waals surface area contributed by atoms with Gasteiger partial charge in [-0.15, -0.1) is 0 Å². The molecule has 0 radical (unpaired) electrons. The molecule has 5 rings (SSSR count). The predicted octanol–water partition coefficient (Wildman–Crippen LogP) is 8.89. The Kier molecular flexibility index (Phi) is 7.23. The molecule has 2 unspecified atom stereocenters. The fourth-order valence-electron chi connectivity index (χ4n) is 10.5. The van der Waals surface area contributed by atoms with Gasteiger partial charge in [-0.25, -0.2) is 0 Å². The summed E-state index contributed by atoms with van der Waals surface area (Å²) in [5, 5.41) is 0.